The molecule has 0 aromatic heterocycles. The van der Waals surface area contributed by atoms with Gasteiger partial charge in [0.1, 0.15) is 5.78 Å². The van der Waals surface area contributed by atoms with E-state index in [0.29, 0.717) is 31.8 Å². The highest BCUT2D eigenvalue weighted by Crippen LogP contribution is 2.47. The Kier molecular flexibility index (Phi) is 9.16. The molecule has 37 heavy (non-hydrogen) atoms. The summed E-state index contributed by atoms with van der Waals surface area (Å²) in [6, 6.07) is 18.4. The van der Waals surface area contributed by atoms with Crippen LogP contribution >= 0.6 is 0 Å². The molecule has 2 aliphatic heterocycles. The minimum Gasteiger partial charge on any atom is -0.348 e. The molecule has 0 atom stereocenters. The zero-order chi connectivity index (χ0) is 24.8. The Hall–Kier alpha value is -2.55. The number of Topliss-reactive ketones (excluding diaryl/α,β-unsaturated/α-hetero) is 1. The fourth-order valence-corrected chi connectivity index (χ4v) is 5.63. The van der Waals surface area contributed by atoms with Crippen molar-refractivity contribution in [2.24, 2.45) is 5.84 Å². The van der Waals surface area contributed by atoms with E-state index in [0.717, 1.165) is 57.4 Å². The Bertz CT molecular complexity index is 1060. The lowest BCUT2D eigenvalue weighted by molar-refractivity contribution is -0.179. The first-order valence-electron chi connectivity index (χ1n) is 13.0. The van der Waals surface area contributed by atoms with Crippen molar-refractivity contribution in [1.82, 2.24) is 0 Å². The normalized spacial score (nSPS) is 22.2. The van der Waals surface area contributed by atoms with Crippen molar-refractivity contribution < 1.29 is 23.7 Å². The maximum absolute atomic E-state index is 10.9. The number of para-hydroxylation sites is 1. The summed E-state index contributed by atoms with van der Waals surface area (Å²) in [6.45, 7) is 2.89. The first-order chi connectivity index (χ1) is 17.6. The molecule has 7 rings (SSSR count). The van der Waals surface area contributed by atoms with Crippen LogP contribution in [0.2, 0.25) is 0 Å². The molecule has 7 heteroatoms. The highest BCUT2D eigenvalue weighted by molar-refractivity contribution is 5.79. The lowest BCUT2D eigenvalue weighted by atomic mass is 9.87. The van der Waals surface area contributed by atoms with Crippen molar-refractivity contribution in [3.8, 4) is 0 Å². The number of ketones is 1. The number of rotatable bonds is 1. The van der Waals surface area contributed by atoms with E-state index in [1.165, 1.54) is 16.7 Å². The van der Waals surface area contributed by atoms with Gasteiger partial charge in [0, 0.05) is 44.2 Å². The van der Waals surface area contributed by atoms with E-state index in [1.807, 2.05) is 30.3 Å². The molecule has 7 nitrogen and oxygen atoms in total. The number of benzene rings is 2. The minimum absolute atomic E-state index is 0. The van der Waals surface area contributed by atoms with Gasteiger partial charge in [0.15, 0.2) is 11.6 Å². The molecule has 3 fully saturated rings. The van der Waals surface area contributed by atoms with Gasteiger partial charge in [0.2, 0.25) is 0 Å². The third-order valence-electron chi connectivity index (χ3n) is 7.56. The van der Waals surface area contributed by atoms with Crippen LogP contribution in [-0.4, -0.2) is 43.8 Å². The molecule has 2 saturated heterocycles. The average molecular weight is 509 g/mol. The second-order valence-corrected chi connectivity index (χ2v) is 9.86. The van der Waals surface area contributed by atoms with Crippen LogP contribution in [0, 0.1) is 0 Å². The number of allylic oxidation sites excluding steroid dienone is 1. The number of anilines is 1. The Balaban J connectivity index is 0.000000139. The van der Waals surface area contributed by atoms with E-state index in [4.69, 9.17) is 24.8 Å². The SMILES string of the molecule is C.NNc1ccccc1.O=C1CCC2(CC1)OCCO2.c1ccc2c(c1)CC1=C2CC2(CC1)OCCO2. The van der Waals surface area contributed by atoms with Gasteiger partial charge in [-0.05, 0) is 41.7 Å². The van der Waals surface area contributed by atoms with Gasteiger partial charge < -0.3 is 24.4 Å². The summed E-state index contributed by atoms with van der Waals surface area (Å²) in [5, 5.41) is 0. The van der Waals surface area contributed by atoms with Crippen LogP contribution in [0.3, 0.4) is 0 Å². The third kappa shape index (κ3) is 6.48. The number of nitrogen functional groups attached to an aromatic ring is 1. The number of hydrogen-bond acceptors (Lipinski definition) is 7. The summed E-state index contributed by atoms with van der Waals surface area (Å²) < 4.78 is 22.6. The maximum atomic E-state index is 10.9. The maximum Gasteiger partial charge on any atom is 0.172 e. The fraction of sp³-hybridized carbons (Fsp3) is 0.500. The van der Waals surface area contributed by atoms with Crippen LogP contribution in [0.1, 0.15) is 63.5 Å². The van der Waals surface area contributed by atoms with Crippen LogP contribution in [0.5, 0.6) is 0 Å². The van der Waals surface area contributed by atoms with Crippen LogP contribution < -0.4 is 11.3 Å². The first-order valence-corrected chi connectivity index (χ1v) is 13.0. The summed E-state index contributed by atoms with van der Waals surface area (Å²) in [4.78, 5) is 10.9. The lowest BCUT2D eigenvalue weighted by Crippen LogP contribution is -2.35. The Morgan fingerprint density at radius 1 is 0.730 bits per heavy atom. The van der Waals surface area contributed by atoms with Gasteiger partial charge in [0.25, 0.3) is 0 Å². The highest BCUT2D eigenvalue weighted by Gasteiger charge is 2.42. The predicted molar refractivity (Wildman–Crippen MR) is 145 cm³/mol. The second kappa shape index (κ2) is 12.3. The smallest absolute Gasteiger partial charge is 0.172 e. The number of carbonyl (C=O) groups excluding carboxylic acids is 1. The molecule has 0 radical (unpaired) electrons. The number of ether oxygens (including phenoxy) is 4. The van der Waals surface area contributed by atoms with Gasteiger partial charge in [-0.3, -0.25) is 10.6 Å². The number of nitrogens with two attached hydrogens (primary N) is 1. The van der Waals surface area contributed by atoms with Gasteiger partial charge >= 0.3 is 0 Å². The van der Waals surface area contributed by atoms with Gasteiger partial charge in [0.05, 0.1) is 26.4 Å². The highest BCUT2D eigenvalue weighted by atomic mass is 16.7. The largest absolute Gasteiger partial charge is 0.348 e. The van der Waals surface area contributed by atoms with Crippen LogP contribution in [0.15, 0.2) is 60.2 Å². The fourth-order valence-electron chi connectivity index (χ4n) is 5.63. The number of fused-ring (bicyclic) bond motifs is 2. The quantitative estimate of drug-likeness (QED) is 0.393. The van der Waals surface area contributed by atoms with E-state index < -0.39 is 0 Å². The van der Waals surface area contributed by atoms with Gasteiger partial charge in [-0.15, -0.1) is 0 Å². The Morgan fingerprint density at radius 3 is 1.92 bits per heavy atom. The van der Waals surface area contributed by atoms with Crippen molar-refractivity contribution in [2.75, 3.05) is 31.9 Å². The van der Waals surface area contributed by atoms with E-state index in [1.54, 1.807) is 5.57 Å². The van der Waals surface area contributed by atoms with Crippen LogP contribution in [0.4, 0.5) is 5.69 Å². The third-order valence-corrected chi connectivity index (χ3v) is 7.56. The second-order valence-electron chi connectivity index (χ2n) is 9.86. The standard InChI is InChI=1S/C15H16O2.C8H12O3.C6H8N2.CH4/c1-2-4-13-11(3-1)9-12-5-6-15(10-14(12)13)16-7-8-17-15;9-7-1-3-8(4-2-7)10-5-6-11-8;7-8-6-4-2-1-3-5-6;/h1-4H,5-10H2;1-6H2;1-5,8H,7H2;1H4. The summed E-state index contributed by atoms with van der Waals surface area (Å²) in [5.74, 6) is 4.78. The van der Waals surface area contributed by atoms with Crippen molar-refractivity contribution in [3.05, 3.63) is 71.3 Å². The zero-order valence-corrected chi connectivity index (χ0v) is 20.8. The molecule has 2 spiro atoms. The lowest BCUT2D eigenvalue weighted by Gasteiger charge is -2.32. The van der Waals surface area contributed by atoms with E-state index in [9.17, 15) is 4.79 Å². The minimum atomic E-state index is -0.367. The number of nitrogens with one attached hydrogen (secondary N) is 1. The molecule has 3 aliphatic carbocycles. The Labute approximate surface area is 220 Å². The average Bonchev–Trinajstić information content (AvgIpc) is 3.67. The monoisotopic (exact) mass is 508 g/mol. The van der Waals surface area contributed by atoms with E-state index in [-0.39, 0.29) is 19.0 Å². The summed E-state index contributed by atoms with van der Waals surface area (Å²) in [7, 11) is 0. The van der Waals surface area contributed by atoms with Crippen molar-refractivity contribution in [3.63, 3.8) is 0 Å². The first kappa shape index (κ1) is 27.5. The summed E-state index contributed by atoms with van der Waals surface area (Å²) >= 11 is 0. The van der Waals surface area contributed by atoms with Crippen molar-refractivity contribution >= 4 is 17.0 Å². The van der Waals surface area contributed by atoms with Crippen molar-refractivity contribution in [2.45, 2.75) is 70.4 Å². The topological polar surface area (TPSA) is 92.0 Å². The van der Waals surface area contributed by atoms with Gasteiger partial charge in [-0.25, -0.2) is 0 Å². The molecule has 2 aromatic carbocycles. The molecule has 0 bridgehead atoms. The number of hydrazine groups is 1. The van der Waals surface area contributed by atoms with Gasteiger partial charge in [-0.1, -0.05) is 55.5 Å². The molecule has 2 aromatic rings. The number of carbonyl (C=O) groups is 1. The summed E-state index contributed by atoms with van der Waals surface area (Å²) in [6.07, 6.45) is 7.00. The van der Waals surface area contributed by atoms with E-state index >= 15 is 0 Å². The summed E-state index contributed by atoms with van der Waals surface area (Å²) in [5.41, 5.74) is 9.48. The van der Waals surface area contributed by atoms with E-state index in [2.05, 4.69) is 29.7 Å². The molecule has 0 unspecified atom stereocenters. The predicted octanol–water partition coefficient (Wildman–Crippen LogP) is 5.40. The van der Waals surface area contributed by atoms with Gasteiger partial charge in [-0.2, -0.15) is 0 Å². The molecule has 5 aliphatic rings. The number of hydrogen-bond donors (Lipinski definition) is 2. The van der Waals surface area contributed by atoms with Crippen LogP contribution in [0.25, 0.3) is 5.57 Å². The molecule has 1 saturated carbocycles. The molecule has 200 valence electrons. The molecular formula is C30H40N2O5. The van der Waals surface area contributed by atoms with Crippen LogP contribution in [-0.2, 0) is 30.2 Å². The Morgan fingerprint density at radius 2 is 1.30 bits per heavy atom. The molecule has 3 N–H and O–H groups in total. The van der Waals surface area contributed by atoms with Crippen molar-refractivity contribution in [1.29, 1.82) is 0 Å². The molecule has 2 heterocycles. The zero-order valence-electron chi connectivity index (χ0n) is 20.8. The molecule has 0 amide bonds. The molecular weight excluding hydrogens is 468 g/mol.